The van der Waals surface area contributed by atoms with Crippen LogP contribution in [0.15, 0.2) is 29.6 Å². The van der Waals surface area contributed by atoms with E-state index in [1.807, 2.05) is 41.5 Å². The van der Waals surface area contributed by atoms with Gasteiger partial charge in [0, 0.05) is 23.1 Å². The van der Waals surface area contributed by atoms with E-state index in [0.29, 0.717) is 12.1 Å². The van der Waals surface area contributed by atoms with E-state index in [1.165, 1.54) is 0 Å². The number of rotatable bonds is 3. The number of likely N-dealkylation sites (tertiary alicyclic amines) is 1. The molecule has 1 aromatic heterocycles. The van der Waals surface area contributed by atoms with E-state index in [2.05, 4.69) is 4.98 Å². The predicted octanol–water partition coefficient (Wildman–Crippen LogP) is 3.49. The molecule has 0 spiro atoms. The molecule has 3 rings (SSSR count). The second kappa shape index (κ2) is 6.81. The fraction of sp³-hybridized carbons (Fsp3) is 0.444. The van der Waals surface area contributed by atoms with E-state index in [4.69, 9.17) is 0 Å². The average molecular weight is 330 g/mol. The normalized spacial score (nSPS) is 19.6. The Morgan fingerprint density at radius 2 is 2.26 bits per heavy atom. The molecule has 0 aliphatic carbocycles. The predicted molar refractivity (Wildman–Crippen MR) is 92.6 cm³/mol. The van der Waals surface area contributed by atoms with Crippen LogP contribution in [0.3, 0.4) is 0 Å². The minimum absolute atomic E-state index is 0.00408. The lowest BCUT2D eigenvalue weighted by Crippen LogP contribution is -2.48. The number of nitrogens with zero attached hydrogens (tertiary/aromatic N) is 2. The molecule has 1 aromatic carbocycles. The minimum atomic E-state index is -0.497. The van der Waals surface area contributed by atoms with Gasteiger partial charge in [-0.3, -0.25) is 4.79 Å². The highest BCUT2D eigenvalue weighted by Crippen LogP contribution is 2.25. The molecular weight excluding hydrogens is 308 g/mol. The monoisotopic (exact) mass is 330 g/mol. The molecular formula is C18H22N2O2S. The maximum Gasteiger partial charge on any atom is 0.254 e. The van der Waals surface area contributed by atoms with Crippen LogP contribution in [0.1, 0.15) is 41.6 Å². The van der Waals surface area contributed by atoms with Crippen molar-refractivity contribution in [1.29, 1.82) is 0 Å². The zero-order chi connectivity index (χ0) is 16.4. The van der Waals surface area contributed by atoms with Crippen LogP contribution in [0.25, 0.3) is 11.3 Å². The maximum atomic E-state index is 12.9. The van der Waals surface area contributed by atoms with Crippen molar-refractivity contribution in [2.75, 3.05) is 6.54 Å². The van der Waals surface area contributed by atoms with E-state index in [0.717, 1.165) is 35.5 Å². The first-order chi connectivity index (χ1) is 11.1. The number of hydrogen-bond acceptors (Lipinski definition) is 4. The number of hydrogen-bond donors (Lipinski definition) is 1. The van der Waals surface area contributed by atoms with Crippen molar-refractivity contribution in [2.45, 2.75) is 45.3 Å². The molecule has 0 bridgehead atoms. The molecule has 1 amide bonds. The van der Waals surface area contributed by atoms with Gasteiger partial charge in [0.25, 0.3) is 5.91 Å². The summed E-state index contributed by atoms with van der Waals surface area (Å²) in [7, 11) is 0. The number of thiazole rings is 1. The van der Waals surface area contributed by atoms with Crippen LogP contribution in [-0.4, -0.2) is 39.6 Å². The van der Waals surface area contributed by atoms with Gasteiger partial charge in [-0.05, 0) is 45.2 Å². The molecule has 23 heavy (non-hydrogen) atoms. The molecule has 2 unspecified atom stereocenters. The number of aliphatic hydroxyl groups excluding tert-OH is 1. The van der Waals surface area contributed by atoms with Crippen molar-refractivity contribution in [3.8, 4) is 11.3 Å². The van der Waals surface area contributed by atoms with Crippen molar-refractivity contribution < 1.29 is 9.90 Å². The maximum absolute atomic E-state index is 12.9. The Labute approximate surface area is 140 Å². The number of amides is 1. The second-order valence-electron chi connectivity index (χ2n) is 6.13. The van der Waals surface area contributed by atoms with Crippen LogP contribution in [-0.2, 0) is 0 Å². The molecule has 2 heterocycles. The van der Waals surface area contributed by atoms with E-state index >= 15 is 0 Å². The van der Waals surface area contributed by atoms with Gasteiger partial charge in [0.15, 0.2) is 0 Å². The van der Waals surface area contributed by atoms with Crippen LogP contribution in [0, 0.1) is 6.92 Å². The quantitative estimate of drug-likeness (QED) is 0.937. The summed E-state index contributed by atoms with van der Waals surface area (Å²) in [5.74, 6) is 0.00408. The smallest absolute Gasteiger partial charge is 0.254 e. The Bertz CT molecular complexity index is 696. The van der Waals surface area contributed by atoms with Crippen molar-refractivity contribution in [2.24, 2.45) is 0 Å². The first-order valence-electron chi connectivity index (χ1n) is 8.08. The molecule has 1 N–H and O–H groups in total. The van der Waals surface area contributed by atoms with Crippen molar-refractivity contribution >= 4 is 17.2 Å². The van der Waals surface area contributed by atoms with Crippen molar-refractivity contribution in [3.63, 3.8) is 0 Å². The fourth-order valence-electron chi connectivity index (χ4n) is 3.18. The zero-order valence-corrected chi connectivity index (χ0v) is 14.3. The highest BCUT2D eigenvalue weighted by molar-refractivity contribution is 7.09. The van der Waals surface area contributed by atoms with Gasteiger partial charge < -0.3 is 10.0 Å². The topological polar surface area (TPSA) is 53.4 Å². The molecule has 1 saturated heterocycles. The lowest BCUT2D eigenvalue weighted by molar-refractivity contribution is 0.0281. The van der Waals surface area contributed by atoms with Crippen molar-refractivity contribution in [3.05, 3.63) is 40.2 Å². The van der Waals surface area contributed by atoms with Gasteiger partial charge in [-0.2, -0.15) is 0 Å². The molecule has 2 atom stereocenters. The Balaban J connectivity index is 1.87. The number of aliphatic hydroxyl groups is 1. The number of aromatic nitrogens is 1. The van der Waals surface area contributed by atoms with Gasteiger partial charge in [-0.25, -0.2) is 4.98 Å². The Hall–Kier alpha value is -1.72. The van der Waals surface area contributed by atoms with Gasteiger partial charge in [0.2, 0.25) is 0 Å². The molecule has 4 nitrogen and oxygen atoms in total. The second-order valence-corrected chi connectivity index (χ2v) is 7.20. The molecule has 0 saturated carbocycles. The van der Waals surface area contributed by atoms with Gasteiger partial charge in [0.05, 0.1) is 22.8 Å². The third-order valence-electron chi connectivity index (χ3n) is 4.39. The van der Waals surface area contributed by atoms with Gasteiger partial charge in [-0.1, -0.05) is 12.1 Å². The number of carbonyl (C=O) groups excluding carboxylic acids is 1. The van der Waals surface area contributed by atoms with E-state index in [9.17, 15) is 9.90 Å². The van der Waals surface area contributed by atoms with Crippen LogP contribution < -0.4 is 0 Å². The Kier molecular flexibility index (Phi) is 4.78. The van der Waals surface area contributed by atoms with Crippen LogP contribution in [0.2, 0.25) is 0 Å². The van der Waals surface area contributed by atoms with Crippen LogP contribution >= 0.6 is 11.3 Å². The van der Waals surface area contributed by atoms with E-state index in [1.54, 1.807) is 18.3 Å². The first-order valence-corrected chi connectivity index (χ1v) is 8.96. The van der Waals surface area contributed by atoms with Crippen LogP contribution in [0.5, 0.6) is 0 Å². The summed E-state index contributed by atoms with van der Waals surface area (Å²) in [5, 5.41) is 13.0. The summed E-state index contributed by atoms with van der Waals surface area (Å²) < 4.78 is 0. The summed E-state index contributed by atoms with van der Waals surface area (Å²) in [6.07, 6.45) is 2.44. The van der Waals surface area contributed by atoms with E-state index < -0.39 is 6.10 Å². The third kappa shape index (κ3) is 3.46. The van der Waals surface area contributed by atoms with Crippen LogP contribution in [0.4, 0.5) is 0 Å². The summed E-state index contributed by atoms with van der Waals surface area (Å²) in [6, 6.07) is 7.55. The molecule has 5 heteroatoms. The van der Waals surface area contributed by atoms with Gasteiger partial charge >= 0.3 is 0 Å². The summed E-state index contributed by atoms with van der Waals surface area (Å²) >= 11 is 1.61. The molecule has 1 fully saturated rings. The summed E-state index contributed by atoms with van der Waals surface area (Å²) in [5.41, 5.74) is 2.54. The van der Waals surface area contributed by atoms with Crippen molar-refractivity contribution in [1.82, 2.24) is 9.88 Å². The van der Waals surface area contributed by atoms with Gasteiger partial charge in [0.1, 0.15) is 0 Å². The molecule has 122 valence electrons. The SMILES string of the molecule is Cc1nc(-c2cccc(C(=O)N3CCCCC3C(C)O)c2)cs1. The molecule has 1 aliphatic heterocycles. The highest BCUT2D eigenvalue weighted by atomic mass is 32.1. The molecule has 2 aromatic rings. The largest absolute Gasteiger partial charge is 0.391 e. The Morgan fingerprint density at radius 3 is 2.96 bits per heavy atom. The molecule has 0 radical (unpaired) electrons. The summed E-state index contributed by atoms with van der Waals surface area (Å²) in [6.45, 7) is 4.46. The minimum Gasteiger partial charge on any atom is -0.391 e. The zero-order valence-electron chi connectivity index (χ0n) is 13.5. The lowest BCUT2D eigenvalue weighted by atomic mass is 9.96. The van der Waals surface area contributed by atoms with Gasteiger partial charge in [-0.15, -0.1) is 11.3 Å². The van der Waals surface area contributed by atoms with E-state index in [-0.39, 0.29) is 11.9 Å². The average Bonchev–Trinajstić information content (AvgIpc) is 3.01. The Morgan fingerprint density at radius 1 is 1.43 bits per heavy atom. The number of aryl methyl sites for hydroxylation is 1. The fourth-order valence-corrected chi connectivity index (χ4v) is 3.81. The lowest BCUT2D eigenvalue weighted by Gasteiger charge is -2.37. The number of benzene rings is 1. The standard InChI is InChI=1S/C18H22N2O2S/c1-12(21)17-8-3-4-9-20(17)18(22)15-7-5-6-14(10-15)16-11-23-13(2)19-16/h5-7,10-12,17,21H,3-4,8-9H2,1-2H3. The number of carbonyl (C=O) groups is 1. The third-order valence-corrected chi connectivity index (χ3v) is 5.16. The molecule has 1 aliphatic rings. The highest BCUT2D eigenvalue weighted by Gasteiger charge is 2.30. The first kappa shape index (κ1) is 16.1. The number of piperidine rings is 1. The summed E-state index contributed by atoms with van der Waals surface area (Å²) in [4.78, 5) is 19.2.